The summed E-state index contributed by atoms with van der Waals surface area (Å²) < 4.78 is 5.45. The highest BCUT2D eigenvalue weighted by molar-refractivity contribution is 5.73. The lowest BCUT2D eigenvalue weighted by atomic mass is 10.1. The molecule has 18 heavy (non-hydrogen) atoms. The zero-order valence-electron chi connectivity index (χ0n) is 11.7. The molecule has 0 aromatic rings. The van der Waals surface area contributed by atoms with Crippen LogP contribution in [0.5, 0.6) is 0 Å². The van der Waals surface area contributed by atoms with Crippen molar-refractivity contribution in [1.29, 1.82) is 0 Å². The zero-order valence-corrected chi connectivity index (χ0v) is 11.7. The molecule has 0 bridgehead atoms. The average molecular weight is 258 g/mol. The number of ether oxygens (including phenoxy) is 1. The van der Waals surface area contributed by atoms with E-state index < -0.39 is 12.0 Å². The van der Waals surface area contributed by atoms with Crippen molar-refractivity contribution in [2.75, 3.05) is 26.3 Å². The number of rotatable bonds is 7. The summed E-state index contributed by atoms with van der Waals surface area (Å²) >= 11 is 0. The summed E-state index contributed by atoms with van der Waals surface area (Å²) in [6, 6.07) is 0.176. The number of carboxylic acid groups (broad SMARTS) is 1. The Morgan fingerprint density at radius 1 is 1.56 bits per heavy atom. The molecule has 2 atom stereocenters. The molecule has 0 amide bonds. The van der Waals surface area contributed by atoms with Crippen LogP contribution in [-0.2, 0) is 9.53 Å². The molecule has 0 spiro atoms. The summed E-state index contributed by atoms with van der Waals surface area (Å²) in [5.74, 6) is -0.759. The van der Waals surface area contributed by atoms with Crippen LogP contribution < -0.4 is 5.32 Å². The van der Waals surface area contributed by atoms with Crippen LogP contribution in [0.3, 0.4) is 0 Å². The number of hydrogen-bond donors (Lipinski definition) is 2. The van der Waals surface area contributed by atoms with Crippen molar-refractivity contribution in [2.24, 2.45) is 0 Å². The Morgan fingerprint density at radius 3 is 2.83 bits per heavy atom. The molecule has 1 rings (SSSR count). The maximum Gasteiger partial charge on any atom is 0.320 e. The highest BCUT2D eigenvalue weighted by Gasteiger charge is 2.24. The summed E-state index contributed by atoms with van der Waals surface area (Å²) in [5.41, 5.74) is 0. The third kappa shape index (κ3) is 4.92. The lowest BCUT2D eigenvalue weighted by Crippen LogP contribution is -2.48. The third-order valence-corrected chi connectivity index (χ3v) is 3.36. The number of nitrogens with one attached hydrogen (secondary N) is 1. The minimum absolute atomic E-state index is 0.192. The predicted molar refractivity (Wildman–Crippen MR) is 70.8 cm³/mol. The van der Waals surface area contributed by atoms with Crippen LogP contribution in [0.1, 0.15) is 33.6 Å². The molecular weight excluding hydrogens is 232 g/mol. The molecular formula is C13H26N2O3. The number of morpholine rings is 1. The van der Waals surface area contributed by atoms with E-state index in [0.717, 1.165) is 32.7 Å². The average Bonchev–Trinajstić information content (AvgIpc) is 2.34. The van der Waals surface area contributed by atoms with Gasteiger partial charge in [-0.25, -0.2) is 0 Å². The zero-order chi connectivity index (χ0) is 13.5. The fourth-order valence-corrected chi connectivity index (χ4v) is 2.33. The van der Waals surface area contributed by atoms with Gasteiger partial charge in [-0.15, -0.1) is 0 Å². The Kier molecular flexibility index (Phi) is 6.60. The van der Waals surface area contributed by atoms with E-state index in [2.05, 4.69) is 17.1 Å². The number of carboxylic acids is 1. The number of carbonyl (C=O) groups is 1. The fourth-order valence-electron chi connectivity index (χ4n) is 2.33. The first-order valence-corrected chi connectivity index (χ1v) is 6.85. The van der Waals surface area contributed by atoms with Crippen molar-refractivity contribution in [2.45, 2.75) is 51.7 Å². The topological polar surface area (TPSA) is 61.8 Å². The molecule has 5 heteroatoms. The van der Waals surface area contributed by atoms with E-state index >= 15 is 0 Å². The maximum absolute atomic E-state index is 11.2. The van der Waals surface area contributed by atoms with Gasteiger partial charge >= 0.3 is 5.97 Å². The van der Waals surface area contributed by atoms with E-state index in [1.807, 2.05) is 13.8 Å². The first-order chi connectivity index (χ1) is 8.54. The van der Waals surface area contributed by atoms with Gasteiger partial charge < -0.3 is 15.2 Å². The Balaban J connectivity index is 2.42. The normalized spacial score (nSPS) is 23.2. The second kappa shape index (κ2) is 7.71. The SMILES string of the molecule is CCC1COCCN1CCC(NC(C)C)C(=O)O. The van der Waals surface area contributed by atoms with Crippen LogP contribution in [0.25, 0.3) is 0 Å². The lowest BCUT2D eigenvalue weighted by Gasteiger charge is -2.35. The molecule has 106 valence electrons. The maximum atomic E-state index is 11.2. The van der Waals surface area contributed by atoms with Gasteiger partial charge in [0, 0.05) is 25.2 Å². The first-order valence-electron chi connectivity index (χ1n) is 6.85. The summed E-state index contributed by atoms with van der Waals surface area (Å²) in [7, 11) is 0. The van der Waals surface area contributed by atoms with Crippen molar-refractivity contribution >= 4 is 5.97 Å². The summed E-state index contributed by atoms with van der Waals surface area (Å²) in [5, 5.41) is 12.3. The molecule has 2 N–H and O–H groups in total. The Labute approximate surface area is 109 Å². The highest BCUT2D eigenvalue weighted by Crippen LogP contribution is 2.11. The molecule has 1 aliphatic heterocycles. The van der Waals surface area contributed by atoms with Gasteiger partial charge in [-0.2, -0.15) is 0 Å². The molecule has 0 aromatic heterocycles. The van der Waals surface area contributed by atoms with E-state index in [-0.39, 0.29) is 6.04 Å². The van der Waals surface area contributed by atoms with Crippen LogP contribution in [0.2, 0.25) is 0 Å². The minimum atomic E-state index is -0.759. The van der Waals surface area contributed by atoms with Gasteiger partial charge in [-0.05, 0) is 12.8 Å². The van der Waals surface area contributed by atoms with Crippen molar-refractivity contribution in [3.63, 3.8) is 0 Å². The van der Waals surface area contributed by atoms with Crippen LogP contribution in [-0.4, -0.2) is 60.4 Å². The monoisotopic (exact) mass is 258 g/mol. The van der Waals surface area contributed by atoms with Gasteiger partial charge in [0.1, 0.15) is 6.04 Å². The molecule has 0 radical (unpaired) electrons. The number of nitrogens with zero attached hydrogens (tertiary/aromatic N) is 1. The summed E-state index contributed by atoms with van der Waals surface area (Å²) in [6.45, 7) is 9.34. The van der Waals surface area contributed by atoms with Gasteiger partial charge in [0.05, 0.1) is 13.2 Å². The quantitative estimate of drug-likeness (QED) is 0.711. The predicted octanol–water partition coefficient (Wildman–Crippen LogP) is 0.939. The molecule has 1 saturated heterocycles. The Bertz CT molecular complexity index is 259. The van der Waals surface area contributed by atoms with Gasteiger partial charge in [0.15, 0.2) is 0 Å². The molecule has 1 fully saturated rings. The van der Waals surface area contributed by atoms with Crippen LogP contribution in [0.15, 0.2) is 0 Å². The van der Waals surface area contributed by atoms with E-state index in [4.69, 9.17) is 9.84 Å². The molecule has 1 aliphatic rings. The van der Waals surface area contributed by atoms with Crippen LogP contribution in [0, 0.1) is 0 Å². The van der Waals surface area contributed by atoms with E-state index in [1.165, 1.54) is 0 Å². The second-order valence-electron chi connectivity index (χ2n) is 5.17. The van der Waals surface area contributed by atoms with E-state index in [9.17, 15) is 4.79 Å². The lowest BCUT2D eigenvalue weighted by molar-refractivity contribution is -0.140. The summed E-state index contributed by atoms with van der Waals surface area (Å²) in [4.78, 5) is 13.5. The van der Waals surface area contributed by atoms with Gasteiger partial charge in [-0.1, -0.05) is 20.8 Å². The van der Waals surface area contributed by atoms with E-state index in [1.54, 1.807) is 0 Å². The molecule has 2 unspecified atom stereocenters. The van der Waals surface area contributed by atoms with Gasteiger partial charge in [0.2, 0.25) is 0 Å². The Hall–Kier alpha value is -0.650. The van der Waals surface area contributed by atoms with Crippen LogP contribution in [0.4, 0.5) is 0 Å². The molecule has 0 aromatic carbocycles. The van der Waals surface area contributed by atoms with Gasteiger partial charge in [-0.3, -0.25) is 9.69 Å². The standard InChI is InChI=1S/C13H26N2O3/c1-4-11-9-18-8-7-15(11)6-5-12(13(16)17)14-10(2)3/h10-12,14H,4-9H2,1-3H3,(H,16,17). The number of aliphatic carboxylic acids is 1. The largest absolute Gasteiger partial charge is 0.480 e. The molecule has 1 heterocycles. The molecule has 5 nitrogen and oxygen atoms in total. The van der Waals surface area contributed by atoms with Crippen molar-refractivity contribution in [1.82, 2.24) is 10.2 Å². The number of hydrogen-bond acceptors (Lipinski definition) is 4. The third-order valence-electron chi connectivity index (χ3n) is 3.36. The van der Waals surface area contributed by atoms with Crippen molar-refractivity contribution < 1.29 is 14.6 Å². The van der Waals surface area contributed by atoms with Crippen molar-refractivity contribution in [3.8, 4) is 0 Å². The second-order valence-corrected chi connectivity index (χ2v) is 5.17. The first kappa shape index (κ1) is 15.4. The molecule has 0 saturated carbocycles. The van der Waals surface area contributed by atoms with E-state index in [0.29, 0.717) is 12.5 Å². The molecule has 0 aliphatic carbocycles. The highest BCUT2D eigenvalue weighted by atomic mass is 16.5. The Morgan fingerprint density at radius 2 is 2.28 bits per heavy atom. The smallest absolute Gasteiger partial charge is 0.320 e. The van der Waals surface area contributed by atoms with Crippen LogP contribution >= 0.6 is 0 Å². The fraction of sp³-hybridized carbons (Fsp3) is 0.923. The minimum Gasteiger partial charge on any atom is -0.480 e. The summed E-state index contributed by atoms with van der Waals surface area (Å²) in [6.07, 6.45) is 1.69. The van der Waals surface area contributed by atoms with Gasteiger partial charge in [0.25, 0.3) is 0 Å². The van der Waals surface area contributed by atoms with Crippen molar-refractivity contribution in [3.05, 3.63) is 0 Å².